The monoisotopic (exact) mass is 255 g/mol. The van der Waals surface area contributed by atoms with E-state index in [2.05, 4.69) is 15.5 Å². The number of benzene rings is 1. The third-order valence-electron chi connectivity index (χ3n) is 2.75. The van der Waals surface area contributed by atoms with Crippen LogP contribution in [0.4, 0.5) is 5.69 Å². The van der Waals surface area contributed by atoms with E-state index in [0.29, 0.717) is 24.0 Å². The lowest BCUT2D eigenvalue weighted by molar-refractivity contribution is 0.382. The molecule has 0 aliphatic carbocycles. The first-order valence-corrected chi connectivity index (χ1v) is 5.99. The highest BCUT2D eigenvalue weighted by atomic mass is 16.5. The summed E-state index contributed by atoms with van der Waals surface area (Å²) in [6, 6.07) is 11.7. The number of anilines is 1. The Bertz CT molecular complexity index is 658. The van der Waals surface area contributed by atoms with Crippen molar-refractivity contribution < 1.29 is 8.94 Å². The van der Waals surface area contributed by atoms with Gasteiger partial charge in [0.05, 0.1) is 12.8 Å². The molecule has 1 N–H and O–H groups in total. The van der Waals surface area contributed by atoms with Crippen molar-refractivity contribution >= 4 is 5.69 Å². The van der Waals surface area contributed by atoms with Gasteiger partial charge in [0.15, 0.2) is 5.76 Å². The van der Waals surface area contributed by atoms with Gasteiger partial charge in [0.2, 0.25) is 11.7 Å². The van der Waals surface area contributed by atoms with Gasteiger partial charge in [-0.3, -0.25) is 0 Å². The largest absolute Gasteiger partial charge is 0.461 e. The Labute approximate surface area is 110 Å². The zero-order chi connectivity index (χ0) is 13.1. The van der Waals surface area contributed by atoms with Crippen LogP contribution in [0.2, 0.25) is 0 Å². The zero-order valence-electron chi connectivity index (χ0n) is 10.5. The van der Waals surface area contributed by atoms with Crippen molar-refractivity contribution in [2.45, 2.75) is 13.5 Å². The van der Waals surface area contributed by atoms with Crippen LogP contribution in [0.25, 0.3) is 11.6 Å². The lowest BCUT2D eigenvalue weighted by Crippen LogP contribution is -1.99. The van der Waals surface area contributed by atoms with Crippen molar-refractivity contribution in [3.63, 3.8) is 0 Å². The van der Waals surface area contributed by atoms with Crippen molar-refractivity contribution in [1.29, 1.82) is 0 Å². The van der Waals surface area contributed by atoms with Crippen LogP contribution in [-0.4, -0.2) is 10.1 Å². The van der Waals surface area contributed by atoms with Crippen LogP contribution in [0, 0.1) is 6.92 Å². The van der Waals surface area contributed by atoms with Crippen molar-refractivity contribution in [2.75, 3.05) is 5.32 Å². The fourth-order valence-corrected chi connectivity index (χ4v) is 1.75. The molecule has 0 amide bonds. The second-order valence-electron chi connectivity index (χ2n) is 4.16. The molecule has 0 radical (unpaired) electrons. The molecule has 96 valence electrons. The normalized spacial score (nSPS) is 10.6. The molecule has 19 heavy (non-hydrogen) atoms. The van der Waals surface area contributed by atoms with Gasteiger partial charge in [-0.25, -0.2) is 0 Å². The molecule has 0 atom stereocenters. The number of aromatic nitrogens is 2. The summed E-state index contributed by atoms with van der Waals surface area (Å²) in [5.41, 5.74) is 2.00. The number of hydrogen-bond donors (Lipinski definition) is 1. The van der Waals surface area contributed by atoms with Crippen LogP contribution in [0.1, 0.15) is 11.5 Å². The first-order chi connectivity index (χ1) is 9.33. The van der Waals surface area contributed by atoms with Crippen molar-refractivity contribution in [3.8, 4) is 11.6 Å². The predicted octanol–water partition coefficient (Wildman–Crippen LogP) is 3.25. The number of furan rings is 1. The Kier molecular flexibility index (Phi) is 3.02. The molecule has 5 nitrogen and oxygen atoms in total. The Morgan fingerprint density at radius 2 is 2.00 bits per heavy atom. The lowest BCUT2D eigenvalue weighted by Gasteiger charge is -2.01. The Morgan fingerprint density at radius 3 is 2.74 bits per heavy atom. The van der Waals surface area contributed by atoms with E-state index in [0.717, 1.165) is 11.3 Å². The van der Waals surface area contributed by atoms with E-state index in [4.69, 9.17) is 8.94 Å². The summed E-state index contributed by atoms with van der Waals surface area (Å²) < 4.78 is 10.5. The van der Waals surface area contributed by atoms with E-state index in [-0.39, 0.29) is 0 Å². The molecular formula is C14H13N3O2. The van der Waals surface area contributed by atoms with Gasteiger partial charge in [0, 0.05) is 5.69 Å². The average Bonchev–Trinajstić information content (AvgIpc) is 3.06. The van der Waals surface area contributed by atoms with Gasteiger partial charge in [-0.15, -0.1) is 0 Å². The SMILES string of the molecule is Cc1ccoc1-c1noc(CNc2ccccc2)n1. The number of hydrogen-bond acceptors (Lipinski definition) is 5. The summed E-state index contributed by atoms with van der Waals surface area (Å²) >= 11 is 0. The Morgan fingerprint density at radius 1 is 1.16 bits per heavy atom. The molecule has 0 bridgehead atoms. The van der Waals surface area contributed by atoms with Gasteiger partial charge in [0.1, 0.15) is 0 Å². The van der Waals surface area contributed by atoms with E-state index < -0.39 is 0 Å². The van der Waals surface area contributed by atoms with E-state index in [1.165, 1.54) is 0 Å². The van der Waals surface area contributed by atoms with Gasteiger partial charge in [-0.2, -0.15) is 4.98 Å². The summed E-state index contributed by atoms with van der Waals surface area (Å²) in [5.74, 6) is 1.65. The molecule has 3 aromatic rings. The number of para-hydroxylation sites is 1. The zero-order valence-corrected chi connectivity index (χ0v) is 10.5. The number of rotatable bonds is 4. The van der Waals surface area contributed by atoms with Crippen LogP contribution >= 0.6 is 0 Å². The molecule has 0 aliphatic rings. The first-order valence-electron chi connectivity index (χ1n) is 5.99. The molecule has 0 spiro atoms. The van der Waals surface area contributed by atoms with Gasteiger partial charge in [-0.05, 0) is 30.7 Å². The minimum atomic E-state index is 0.479. The van der Waals surface area contributed by atoms with Crippen LogP contribution < -0.4 is 5.32 Å². The smallest absolute Gasteiger partial charge is 0.246 e. The molecule has 5 heteroatoms. The third-order valence-corrected chi connectivity index (χ3v) is 2.75. The minimum absolute atomic E-state index is 0.479. The highest BCUT2D eigenvalue weighted by Gasteiger charge is 2.13. The summed E-state index contributed by atoms with van der Waals surface area (Å²) in [7, 11) is 0. The topological polar surface area (TPSA) is 64.1 Å². The first kappa shape index (κ1) is 11.5. The van der Waals surface area contributed by atoms with E-state index in [9.17, 15) is 0 Å². The van der Waals surface area contributed by atoms with E-state index in [1.54, 1.807) is 6.26 Å². The molecular weight excluding hydrogens is 242 g/mol. The van der Waals surface area contributed by atoms with Crippen molar-refractivity contribution in [1.82, 2.24) is 10.1 Å². The summed E-state index contributed by atoms with van der Waals surface area (Å²) in [6.07, 6.45) is 1.61. The number of nitrogens with one attached hydrogen (secondary N) is 1. The Balaban J connectivity index is 1.71. The molecule has 3 rings (SSSR count). The highest BCUT2D eigenvalue weighted by molar-refractivity contribution is 5.51. The lowest BCUT2D eigenvalue weighted by atomic mass is 10.3. The number of aryl methyl sites for hydroxylation is 1. The standard InChI is InChI=1S/C14H13N3O2/c1-10-7-8-18-13(10)14-16-12(19-17-14)9-15-11-5-3-2-4-6-11/h2-8,15H,9H2,1H3. The molecule has 2 heterocycles. The molecule has 0 fully saturated rings. The summed E-state index contributed by atoms with van der Waals surface area (Å²) in [6.45, 7) is 2.42. The summed E-state index contributed by atoms with van der Waals surface area (Å²) in [5, 5.41) is 7.12. The van der Waals surface area contributed by atoms with Crippen LogP contribution in [-0.2, 0) is 6.54 Å². The second-order valence-corrected chi connectivity index (χ2v) is 4.16. The maximum absolute atomic E-state index is 5.32. The maximum Gasteiger partial charge on any atom is 0.246 e. The average molecular weight is 255 g/mol. The third kappa shape index (κ3) is 2.49. The summed E-state index contributed by atoms with van der Waals surface area (Å²) in [4.78, 5) is 4.29. The Hall–Kier alpha value is -2.56. The van der Waals surface area contributed by atoms with Crippen LogP contribution in [0.15, 0.2) is 51.6 Å². The van der Waals surface area contributed by atoms with E-state index >= 15 is 0 Å². The molecule has 0 saturated heterocycles. The molecule has 2 aromatic heterocycles. The van der Waals surface area contributed by atoms with Gasteiger partial charge in [0.25, 0.3) is 0 Å². The second kappa shape index (κ2) is 4.97. The van der Waals surface area contributed by atoms with Crippen LogP contribution in [0.5, 0.6) is 0 Å². The van der Waals surface area contributed by atoms with Gasteiger partial charge >= 0.3 is 0 Å². The van der Waals surface area contributed by atoms with Gasteiger partial charge < -0.3 is 14.3 Å². The predicted molar refractivity (Wildman–Crippen MR) is 70.5 cm³/mol. The molecule has 0 aliphatic heterocycles. The van der Waals surface area contributed by atoms with Gasteiger partial charge in [-0.1, -0.05) is 23.4 Å². The molecule has 1 aromatic carbocycles. The van der Waals surface area contributed by atoms with E-state index in [1.807, 2.05) is 43.3 Å². The van der Waals surface area contributed by atoms with Crippen molar-refractivity contribution in [3.05, 3.63) is 54.1 Å². The van der Waals surface area contributed by atoms with Crippen molar-refractivity contribution in [2.24, 2.45) is 0 Å². The maximum atomic E-state index is 5.32. The minimum Gasteiger partial charge on any atom is -0.461 e. The molecule has 0 unspecified atom stereocenters. The highest BCUT2D eigenvalue weighted by Crippen LogP contribution is 2.21. The number of nitrogens with zero attached hydrogens (tertiary/aromatic N) is 2. The quantitative estimate of drug-likeness (QED) is 0.775. The fourth-order valence-electron chi connectivity index (χ4n) is 1.75. The van der Waals surface area contributed by atoms with Crippen LogP contribution in [0.3, 0.4) is 0 Å². The molecule has 0 saturated carbocycles. The fraction of sp³-hybridized carbons (Fsp3) is 0.143.